The van der Waals surface area contributed by atoms with Crippen molar-refractivity contribution in [1.29, 1.82) is 5.26 Å². The molecule has 2 aromatic carbocycles. The Hall–Kier alpha value is -3.13. The maximum Gasteiger partial charge on any atom is 0.268 e. The Morgan fingerprint density at radius 1 is 1.24 bits per heavy atom. The first-order valence-corrected chi connectivity index (χ1v) is 12.1. The van der Waals surface area contributed by atoms with Crippen molar-refractivity contribution in [3.63, 3.8) is 0 Å². The SMILES string of the molecule is CCc1nnc(NC(=O)C(C#N)=Cc2cc(Cl)c(OCCOc3ccc(Br)cc3)c(OC)c2)s1. The van der Waals surface area contributed by atoms with Crippen molar-refractivity contribution in [3.8, 4) is 23.3 Å². The molecular formula is C23H20BrClN4O4S. The topological polar surface area (TPSA) is 106 Å². The number of nitrogens with one attached hydrogen (secondary N) is 1. The predicted molar refractivity (Wildman–Crippen MR) is 135 cm³/mol. The fourth-order valence-corrected chi connectivity index (χ4v) is 3.94. The average molecular weight is 564 g/mol. The lowest BCUT2D eigenvalue weighted by molar-refractivity contribution is -0.112. The van der Waals surface area contributed by atoms with E-state index in [1.54, 1.807) is 12.1 Å². The number of carbonyl (C=O) groups excluding carboxylic acids is 1. The zero-order valence-corrected chi connectivity index (χ0v) is 21.5. The van der Waals surface area contributed by atoms with E-state index in [4.69, 9.17) is 25.8 Å². The maximum absolute atomic E-state index is 12.5. The summed E-state index contributed by atoms with van der Waals surface area (Å²) >= 11 is 11.0. The second kappa shape index (κ2) is 12.4. The van der Waals surface area contributed by atoms with Crippen LogP contribution >= 0.6 is 38.9 Å². The van der Waals surface area contributed by atoms with Gasteiger partial charge >= 0.3 is 0 Å². The van der Waals surface area contributed by atoms with Gasteiger partial charge in [-0.3, -0.25) is 10.1 Å². The second-order valence-corrected chi connectivity index (χ2v) is 9.05. The van der Waals surface area contributed by atoms with Gasteiger partial charge in [-0.25, -0.2) is 0 Å². The van der Waals surface area contributed by atoms with Gasteiger partial charge in [-0.2, -0.15) is 5.26 Å². The molecule has 8 nitrogen and oxygen atoms in total. The average Bonchev–Trinajstić information content (AvgIpc) is 3.29. The van der Waals surface area contributed by atoms with E-state index in [1.807, 2.05) is 37.3 Å². The molecule has 0 aliphatic rings. The molecule has 1 aromatic heterocycles. The molecule has 176 valence electrons. The van der Waals surface area contributed by atoms with Crippen LogP contribution in [0.1, 0.15) is 17.5 Å². The Bertz CT molecular complexity index is 1220. The number of anilines is 1. The first-order chi connectivity index (χ1) is 16.4. The van der Waals surface area contributed by atoms with Crippen LogP contribution in [-0.2, 0) is 11.2 Å². The molecule has 1 N–H and O–H groups in total. The number of hydrogen-bond donors (Lipinski definition) is 1. The Kier molecular flexibility index (Phi) is 9.27. The first kappa shape index (κ1) is 25.5. The maximum atomic E-state index is 12.5. The van der Waals surface area contributed by atoms with Crippen molar-refractivity contribution >= 4 is 56.0 Å². The van der Waals surface area contributed by atoms with Crippen LogP contribution in [0.4, 0.5) is 5.13 Å². The van der Waals surface area contributed by atoms with Crippen LogP contribution < -0.4 is 19.5 Å². The van der Waals surface area contributed by atoms with Crippen LogP contribution in [-0.4, -0.2) is 36.4 Å². The van der Waals surface area contributed by atoms with Crippen LogP contribution in [0, 0.1) is 11.3 Å². The summed E-state index contributed by atoms with van der Waals surface area (Å²) in [5.74, 6) is 0.815. The summed E-state index contributed by atoms with van der Waals surface area (Å²) in [5.41, 5.74) is 0.376. The van der Waals surface area contributed by atoms with Crippen molar-refractivity contribution in [2.45, 2.75) is 13.3 Å². The van der Waals surface area contributed by atoms with E-state index in [0.717, 1.165) is 9.48 Å². The molecule has 0 fully saturated rings. The first-order valence-electron chi connectivity index (χ1n) is 10.1. The highest BCUT2D eigenvalue weighted by Crippen LogP contribution is 2.37. The minimum atomic E-state index is -0.596. The number of carbonyl (C=O) groups is 1. The summed E-state index contributed by atoms with van der Waals surface area (Å²) in [4.78, 5) is 12.5. The van der Waals surface area contributed by atoms with Gasteiger partial charge in [-0.1, -0.05) is 45.8 Å². The van der Waals surface area contributed by atoms with Gasteiger partial charge in [-0.15, -0.1) is 10.2 Å². The molecule has 3 aromatic rings. The number of ether oxygens (including phenoxy) is 3. The molecular weight excluding hydrogens is 544 g/mol. The van der Waals surface area contributed by atoms with Crippen molar-refractivity contribution in [2.75, 3.05) is 25.6 Å². The zero-order valence-electron chi connectivity index (χ0n) is 18.3. The van der Waals surface area contributed by atoms with Gasteiger partial charge in [0.1, 0.15) is 35.6 Å². The second-order valence-electron chi connectivity index (χ2n) is 6.66. The standard InChI is InChI=1S/C23H20BrClN4O4S/c1-3-20-28-29-23(34-20)27-22(30)15(13-26)10-14-11-18(25)21(19(12-14)31-2)33-9-8-32-17-6-4-16(24)5-7-17/h4-7,10-12H,3,8-9H2,1-2H3,(H,27,29,30). The van der Waals surface area contributed by atoms with Gasteiger partial charge in [0.15, 0.2) is 11.5 Å². The molecule has 1 amide bonds. The van der Waals surface area contributed by atoms with E-state index in [9.17, 15) is 10.1 Å². The van der Waals surface area contributed by atoms with E-state index in [-0.39, 0.29) is 17.2 Å². The number of nitriles is 1. The Morgan fingerprint density at radius 2 is 1.97 bits per heavy atom. The Morgan fingerprint density at radius 3 is 2.62 bits per heavy atom. The number of hydrogen-bond acceptors (Lipinski definition) is 8. The molecule has 0 bridgehead atoms. The lowest BCUT2D eigenvalue weighted by Crippen LogP contribution is -2.13. The van der Waals surface area contributed by atoms with Crippen molar-refractivity contribution < 1.29 is 19.0 Å². The highest BCUT2D eigenvalue weighted by atomic mass is 79.9. The highest BCUT2D eigenvalue weighted by Gasteiger charge is 2.15. The molecule has 0 radical (unpaired) electrons. The van der Waals surface area contributed by atoms with Gasteiger partial charge in [-0.05, 0) is 54.5 Å². The minimum Gasteiger partial charge on any atom is -0.493 e. The molecule has 3 rings (SSSR count). The van der Waals surface area contributed by atoms with Gasteiger partial charge in [0.25, 0.3) is 5.91 Å². The minimum absolute atomic E-state index is 0.122. The molecule has 1 heterocycles. The Balaban J connectivity index is 1.68. The summed E-state index contributed by atoms with van der Waals surface area (Å²) in [6.07, 6.45) is 2.11. The fourth-order valence-electron chi connectivity index (χ4n) is 2.72. The molecule has 0 spiro atoms. The van der Waals surface area contributed by atoms with Crippen molar-refractivity contribution in [2.24, 2.45) is 0 Å². The molecule has 0 atom stereocenters. The third-order valence-corrected chi connectivity index (χ3v) is 6.12. The number of aryl methyl sites for hydroxylation is 1. The van der Waals surface area contributed by atoms with E-state index in [1.165, 1.54) is 24.5 Å². The largest absolute Gasteiger partial charge is 0.493 e. The van der Waals surface area contributed by atoms with Gasteiger partial charge in [0.2, 0.25) is 5.13 Å². The third-order valence-electron chi connectivity index (χ3n) is 4.33. The molecule has 0 unspecified atom stereocenters. The lowest BCUT2D eigenvalue weighted by Gasteiger charge is -2.14. The molecule has 0 aliphatic heterocycles. The summed E-state index contributed by atoms with van der Waals surface area (Å²) in [7, 11) is 1.48. The zero-order chi connectivity index (χ0) is 24.5. The number of nitrogens with zero attached hydrogens (tertiary/aromatic N) is 3. The van der Waals surface area contributed by atoms with Gasteiger partial charge < -0.3 is 14.2 Å². The molecule has 11 heteroatoms. The molecule has 34 heavy (non-hydrogen) atoms. The smallest absolute Gasteiger partial charge is 0.268 e. The quantitative estimate of drug-likeness (QED) is 0.196. The van der Waals surface area contributed by atoms with Crippen LogP contribution in [0.3, 0.4) is 0 Å². The molecule has 0 saturated carbocycles. The van der Waals surface area contributed by atoms with Crippen LogP contribution in [0.15, 0.2) is 46.4 Å². The summed E-state index contributed by atoms with van der Waals surface area (Å²) in [6, 6.07) is 12.6. The van der Waals surface area contributed by atoms with Gasteiger partial charge in [0.05, 0.1) is 12.1 Å². The van der Waals surface area contributed by atoms with E-state index in [0.29, 0.717) is 41.0 Å². The fraction of sp³-hybridized carbons (Fsp3) is 0.217. The normalized spacial score (nSPS) is 11.0. The van der Waals surface area contributed by atoms with E-state index < -0.39 is 5.91 Å². The van der Waals surface area contributed by atoms with E-state index in [2.05, 4.69) is 31.4 Å². The Labute approximate surface area is 214 Å². The molecule has 0 saturated heterocycles. The monoisotopic (exact) mass is 562 g/mol. The summed E-state index contributed by atoms with van der Waals surface area (Å²) < 4.78 is 17.8. The lowest BCUT2D eigenvalue weighted by atomic mass is 10.1. The highest BCUT2D eigenvalue weighted by molar-refractivity contribution is 9.10. The molecule has 0 aliphatic carbocycles. The van der Waals surface area contributed by atoms with Gasteiger partial charge in [0, 0.05) is 4.47 Å². The van der Waals surface area contributed by atoms with E-state index >= 15 is 0 Å². The van der Waals surface area contributed by atoms with Crippen molar-refractivity contribution in [3.05, 3.63) is 62.0 Å². The number of halogens is 2. The van der Waals surface area contributed by atoms with Crippen molar-refractivity contribution in [1.82, 2.24) is 10.2 Å². The summed E-state index contributed by atoms with van der Waals surface area (Å²) in [5, 5.41) is 21.3. The van der Waals surface area contributed by atoms with Crippen LogP contribution in [0.2, 0.25) is 5.02 Å². The van der Waals surface area contributed by atoms with Crippen LogP contribution in [0.25, 0.3) is 6.08 Å². The number of aromatic nitrogens is 2. The predicted octanol–water partition coefficient (Wildman–Crippen LogP) is 5.53. The number of methoxy groups -OCH3 is 1. The number of benzene rings is 2. The number of rotatable bonds is 10. The number of amides is 1. The van der Waals surface area contributed by atoms with Crippen LogP contribution in [0.5, 0.6) is 17.2 Å². The summed E-state index contributed by atoms with van der Waals surface area (Å²) in [6.45, 7) is 2.47. The third kappa shape index (κ3) is 6.93.